The van der Waals surface area contributed by atoms with Crippen LogP contribution in [0.1, 0.15) is 98.3 Å². The average molecular weight is 417 g/mol. The zero-order valence-corrected chi connectivity index (χ0v) is 19.7. The van der Waals surface area contributed by atoms with E-state index in [-0.39, 0.29) is 17.4 Å². The molecule has 0 radical (unpaired) electrons. The van der Waals surface area contributed by atoms with Gasteiger partial charge in [-0.25, -0.2) is 0 Å². The summed E-state index contributed by atoms with van der Waals surface area (Å²) in [5.74, 6) is 2.60. The number of hydrogen-bond acceptors (Lipinski definition) is 2. The Bertz CT molecular complexity index is 682. The maximum atomic E-state index is 12.1. The van der Waals surface area contributed by atoms with Crippen molar-refractivity contribution in [3.63, 3.8) is 0 Å². The fraction of sp³-hybridized carbons (Fsp3) is 0.889. The molecule has 3 saturated carbocycles. The molecule has 170 valence electrons. The number of carbonyl (C=O) groups is 1. The van der Waals surface area contributed by atoms with E-state index in [0.717, 1.165) is 50.4 Å². The molecule has 0 spiro atoms. The van der Waals surface area contributed by atoms with Crippen molar-refractivity contribution in [3.8, 4) is 0 Å². The van der Waals surface area contributed by atoms with Gasteiger partial charge in [0.1, 0.15) is 0 Å². The number of carboxylic acid groups (broad SMARTS) is 1. The minimum absolute atomic E-state index is 0.103. The summed E-state index contributed by atoms with van der Waals surface area (Å²) < 4.78 is 0. The molecule has 30 heavy (non-hydrogen) atoms. The highest BCUT2D eigenvalue weighted by molar-refractivity contribution is 5.73. The molecule has 4 rings (SSSR count). The van der Waals surface area contributed by atoms with E-state index < -0.39 is 5.97 Å². The van der Waals surface area contributed by atoms with Crippen molar-refractivity contribution < 1.29 is 15.0 Å². The minimum atomic E-state index is -0.615. The number of hydrogen-bond donors (Lipinski definition) is 2. The maximum Gasteiger partial charge on any atom is 0.310 e. The standard InChI is InChI=1S/C27H44O3/c1-17(2)6-5-7-20(25(29)30)18-12-14-26(3)19(16-18)8-9-21-22-10-11-24(28)27(22,4)15-13-23(21)26/h12,17,19-24,28H,5-11,13-16H2,1-4H3,(H,29,30)/t19-,20+,21+,22-,23+,24+,26+,27-/m1/s1. The first-order chi connectivity index (χ1) is 14.2. The normalized spacial score (nSPS) is 44.1. The van der Waals surface area contributed by atoms with Crippen LogP contribution in [0.25, 0.3) is 0 Å². The SMILES string of the molecule is CC(C)CCC[C@H](C(=O)O)C1=CC[C@@]2(C)[C@H](CC[C@H]3[C@H]4CC[C@H](O)[C@]4(C)CC[C@@H]32)C1. The van der Waals surface area contributed by atoms with Crippen molar-refractivity contribution in [1.82, 2.24) is 0 Å². The second kappa shape index (κ2) is 8.26. The molecule has 3 fully saturated rings. The summed E-state index contributed by atoms with van der Waals surface area (Å²) in [5, 5.41) is 20.6. The summed E-state index contributed by atoms with van der Waals surface area (Å²) in [6, 6.07) is 0. The molecular formula is C27H44O3. The lowest BCUT2D eigenvalue weighted by Gasteiger charge is -2.60. The first-order valence-corrected chi connectivity index (χ1v) is 12.8. The van der Waals surface area contributed by atoms with Gasteiger partial charge in [0, 0.05) is 0 Å². The zero-order chi connectivity index (χ0) is 21.7. The quantitative estimate of drug-likeness (QED) is 0.489. The molecular weight excluding hydrogens is 372 g/mol. The molecule has 0 aromatic rings. The van der Waals surface area contributed by atoms with Crippen molar-refractivity contribution in [3.05, 3.63) is 11.6 Å². The van der Waals surface area contributed by atoms with E-state index >= 15 is 0 Å². The molecule has 0 unspecified atom stereocenters. The lowest BCUT2D eigenvalue weighted by atomic mass is 9.45. The lowest BCUT2D eigenvalue weighted by Crippen LogP contribution is -2.53. The Balaban J connectivity index is 1.50. The largest absolute Gasteiger partial charge is 0.481 e. The lowest BCUT2D eigenvalue weighted by molar-refractivity contribution is -0.141. The molecule has 0 saturated heterocycles. The first kappa shape index (κ1) is 22.4. The predicted octanol–water partition coefficient (Wildman–Crippen LogP) is 6.45. The molecule has 0 aromatic heterocycles. The minimum Gasteiger partial charge on any atom is -0.481 e. The molecule has 3 heteroatoms. The van der Waals surface area contributed by atoms with Crippen LogP contribution < -0.4 is 0 Å². The van der Waals surface area contributed by atoms with Gasteiger partial charge in [-0.3, -0.25) is 4.79 Å². The van der Waals surface area contributed by atoms with E-state index in [1.165, 1.54) is 37.7 Å². The van der Waals surface area contributed by atoms with Crippen molar-refractivity contribution in [2.45, 2.75) is 104 Å². The second-order valence-corrected chi connectivity index (χ2v) is 12.2. The molecule has 8 atom stereocenters. The van der Waals surface area contributed by atoms with Gasteiger partial charge in [0.05, 0.1) is 12.0 Å². The van der Waals surface area contributed by atoms with Crippen LogP contribution in [-0.4, -0.2) is 22.3 Å². The number of aliphatic carboxylic acids is 1. The van der Waals surface area contributed by atoms with Crippen LogP contribution in [0, 0.1) is 46.3 Å². The fourth-order valence-corrected chi connectivity index (χ4v) is 8.36. The van der Waals surface area contributed by atoms with Crippen molar-refractivity contribution in [2.24, 2.45) is 46.3 Å². The van der Waals surface area contributed by atoms with Crippen molar-refractivity contribution >= 4 is 5.97 Å². The molecule has 0 bridgehead atoms. The zero-order valence-electron chi connectivity index (χ0n) is 19.7. The number of fused-ring (bicyclic) bond motifs is 5. The van der Waals surface area contributed by atoms with E-state index in [9.17, 15) is 15.0 Å². The fourth-order valence-electron chi connectivity index (χ4n) is 8.36. The molecule has 2 N–H and O–H groups in total. The smallest absolute Gasteiger partial charge is 0.310 e. The summed E-state index contributed by atoms with van der Waals surface area (Å²) in [4.78, 5) is 12.1. The molecule has 3 nitrogen and oxygen atoms in total. The van der Waals surface area contributed by atoms with E-state index in [0.29, 0.717) is 23.2 Å². The van der Waals surface area contributed by atoms with E-state index in [1.807, 2.05) is 0 Å². The molecule has 0 amide bonds. The molecule has 0 aliphatic heterocycles. The Kier molecular flexibility index (Phi) is 6.16. The average Bonchev–Trinajstić information content (AvgIpc) is 2.99. The van der Waals surface area contributed by atoms with Gasteiger partial charge >= 0.3 is 5.97 Å². The topological polar surface area (TPSA) is 57.5 Å². The molecule has 0 heterocycles. The summed E-state index contributed by atoms with van der Waals surface area (Å²) in [6.07, 6.45) is 14.4. The Morgan fingerprint density at radius 3 is 2.50 bits per heavy atom. The third-order valence-corrected chi connectivity index (χ3v) is 10.3. The summed E-state index contributed by atoms with van der Waals surface area (Å²) in [7, 11) is 0. The number of rotatable bonds is 6. The number of aliphatic hydroxyl groups excluding tert-OH is 1. The Labute approximate surface area is 183 Å². The van der Waals surface area contributed by atoms with Crippen molar-refractivity contribution in [2.75, 3.05) is 0 Å². The van der Waals surface area contributed by atoms with Crippen LogP contribution in [-0.2, 0) is 4.79 Å². The van der Waals surface area contributed by atoms with Crippen LogP contribution in [0.4, 0.5) is 0 Å². The summed E-state index contributed by atoms with van der Waals surface area (Å²) in [5.41, 5.74) is 1.69. The summed E-state index contributed by atoms with van der Waals surface area (Å²) >= 11 is 0. The van der Waals surface area contributed by atoms with Crippen molar-refractivity contribution in [1.29, 1.82) is 0 Å². The Hall–Kier alpha value is -0.830. The molecule has 4 aliphatic rings. The predicted molar refractivity (Wildman–Crippen MR) is 121 cm³/mol. The second-order valence-electron chi connectivity index (χ2n) is 12.2. The summed E-state index contributed by atoms with van der Waals surface area (Å²) in [6.45, 7) is 9.31. The highest BCUT2D eigenvalue weighted by Crippen LogP contribution is 2.66. The van der Waals surface area contributed by atoms with Gasteiger partial charge in [0.15, 0.2) is 0 Å². The van der Waals surface area contributed by atoms with Gasteiger partial charge in [-0.05, 0) is 98.2 Å². The van der Waals surface area contributed by atoms with E-state index in [4.69, 9.17) is 0 Å². The van der Waals surface area contributed by atoms with Gasteiger partial charge < -0.3 is 10.2 Å². The van der Waals surface area contributed by atoms with Gasteiger partial charge in [0.2, 0.25) is 0 Å². The highest BCUT2D eigenvalue weighted by atomic mass is 16.4. The monoisotopic (exact) mass is 416 g/mol. The van der Waals surface area contributed by atoms with Gasteiger partial charge in [-0.1, -0.05) is 52.2 Å². The van der Waals surface area contributed by atoms with Crippen LogP contribution in [0.15, 0.2) is 11.6 Å². The van der Waals surface area contributed by atoms with Gasteiger partial charge in [-0.2, -0.15) is 0 Å². The van der Waals surface area contributed by atoms with Crippen LogP contribution in [0.5, 0.6) is 0 Å². The third kappa shape index (κ3) is 3.67. The van der Waals surface area contributed by atoms with Crippen LogP contribution in [0.2, 0.25) is 0 Å². The highest BCUT2D eigenvalue weighted by Gasteiger charge is 2.59. The number of aliphatic hydroxyl groups is 1. The molecule has 4 aliphatic carbocycles. The van der Waals surface area contributed by atoms with Crippen LogP contribution in [0.3, 0.4) is 0 Å². The van der Waals surface area contributed by atoms with Crippen LogP contribution >= 0.6 is 0 Å². The van der Waals surface area contributed by atoms with Gasteiger partial charge in [-0.15, -0.1) is 0 Å². The number of allylic oxidation sites excluding steroid dienone is 1. The maximum absolute atomic E-state index is 12.1. The number of carboxylic acids is 1. The Morgan fingerprint density at radius 1 is 1.07 bits per heavy atom. The van der Waals surface area contributed by atoms with E-state index in [1.54, 1.807) is 0 Å². The van der Waals surface area contributed by atoms with E-state index in [2.05, 4.69) is 33.8 Å². The Morgan fingerprint density at radius 2 is 1.80 bits per heavy atom. The first-order valence-electron chi connectivity index (χ1n) is 12.8. The third-order valence-electron chi connectivity index (χ3n) is 10.3. The molecule has 0 aromatic carbocycles. The van der Waals surface area contributed by atoms with Gasteiger partial charge in [0.25, 0.3) is 0 Å².